The van der Waals surface area contributed by atoms with Crippen LogP contribution in [0.2, 0.25) is 0 Å². The Balaban J connectivity index is 1.51. The molecule has 4 rings (SSSR count). The Morgan fingerprint density at radius 1 is 1.12 bits per heavy atom. The molecule has 0 unspecified atom stereocenters. The highest BCUT2D eigenvalue weighted by Crippen LogP contribution is 2.32. The van der Waals surface area contributed by atoms with Gasteiger partial charge in [-0.2, -0.15) is 0 Å². The Morgan fingerprint density at radius 2 is 2.00 bits per heavy atom. The third kappa shape index (κ3) is 3.51. The molecule has 2 heterocycles. The van der Waals surface area contributed by atoms with E-state index in [0.717, 1.165) is 57.0 Å². The molecule has 1 aliphatic heterocycles. The summed E-state index contributed by atoms with van der Waals surface area (Å²) in [6.45, 7) is 7.51. The van der Waals surface area contributed by atoms with Crippen LogP contribution in [-0.2, 0) is 11.2 Å². The van der Waals surface area contributed by atoms with E-state index < -0.39 is 0 Å². The molecule has 0 aliphatic carbocycles. The smallest absolute Gasteiger partial charge is 0.134 e. The van der Waals surface area contributed by atoms with Gasteiger partial charge in [0.2, 0.25) is 0 Å². The molecule has 0 saturated carbocycles. The molecule has 3 aromatic rings. The van der Waals surface area contributed by atoms with Crippen molar-refractivity contribution < 1.29 is 13.9 Å². The van der Waals surface area contributed by atoms with Gasteiger partial charge in [0.1, 0.15) is 17.9 Å². The van der Waals surface area contributed by atoms with Crippen molar-refractivity contribution in [1.82, 2.24) is 4.90 Å². The second-order valence-electron chi connectivity index (χ2n) is 6.64. The van der Waals surface area contributed by atoms with Gasteiger partial charge >= 0.3 is 0 Å². The van der Waals surface area contributed by atoms with Crippen LogP contribution in [0.15, 0.2) is 41.0 Å². The Kier molecular flexibility index (Phi) is 4.90. The molecule has 1 fully saturated rings. The molecule has 4 nitrogen and oxygen atoms in total. The molecule has 0 amide bonds. The summed E-state index contributed by atoms with van der Waals surface area (Å²) in [4.78, 5) is 2.39. The van der Waals surface area contributed by atoms with Crippen molar-refractivity contribution >= 4 is 21.7 Å². The molecule has 0 N–H and O–H groups in total. The van der Waals surface area contributed by atoms with E-state index in [1.54, 1.807) is 0 Å². The van der Waals surface area contributed by atoms with E-state index in [0.29, 0.717) is 6.61 Å². The molecule has 0 radical (unpaired) electrons. The van der Waals surface area contributed by atoms with E-state index in [2.05, 4.69) is 42.2 Å². The Bertz CT molecular complexity index is 849. The molecule has 0 bridgehead atoms. The first-order chi connectivity index (χ1) is 12.3. The summed E-state index contributed by atoms with van der Waals surface area (Å²) in [5, 5.41) is 3.70. The first-order valence-electron chi connectivity index (χ1n) is 9.21. The quantitative estimate of drug-likeness (QED) is 0.672. The van der Waals surface area contributed by atoms with E-state index in [4.69, 9.17) is 13.9 Å². The topological polar surface area (TPSA) is 34.8 Å². The van der Waals surface area contributed by atoms with Gasteiger partial charge in [-0.05, 0) is 47.0 Å². The van der Waals surface area contributed by atoms with Crippen LogP contribution in [0.25, 0.3) is 21.7 Å². The van der Waals surface area contributed by atoms with Gasteiger partial charge in [-0.25, -0.2) is 0 Å². The highest BCUT2D eigenvalue weighted by atomic mass is 16.5. The van der Waals surface area contributed by atoms with Crippen molar-refractivity contribution in [2.75, 3.05) is 39.5 Å². The molecular weight excluding hydrogens is 314 g/mol. The number of hydrogen-bond acceptors (Lipinski definition) is 4. The molecular formula is C21H25NO3. The standard InChI is InChI=1S/C21H25NO3/c1-2-3-17-15-25-20-7-4-16-14-18(5-6-19(16)21(17)20)24-13-10-22-8-11-23-12-9-22/h4-7,14-15H,2-3,8-13H2,1H3. The number of furan rings is 1. The lowest BCUT2D eigenvalue weighted by Crippen LogP contribution is -2.38. The van der Waals surface area contributed by atoms with Gasteiger partial charge in [0.15, 0.2) is 0 Å². The Morgan fingerprint density at radius 3 is 2.84 bits per heavy atom. The van der Waals surface area contributed by atoms with Gasteiger partial charge in [-0.3, -0.25) is 4.90 Å². The molecule has 1 aliphatic rings. The maximum atomic E-state index is 5.98. The van der Waals surface area contributed by atoms with Crippen molar-refractivity contribution in [2.45, 2.75) is 19.8 Å². The van der Waals surface area contributed by atoms with Crippen LogP contribution in [-0.4, -0.2) is 44.4 Å². The summed E-state index contributed by atoms with van der Waals surface area (Å²) in [6.07, 6.45) is 4.07. The monoisotopic (exact) mass is 339 g/mol. The minimum atomic E-state index is 0.709. The first-order valence-corrected chi connectivity index (χ1v) is 9.21. The normalized spacial score (nSPS) is 15.9. The van der Waals surface area contributed by atoms with Gasteiger partial charge < -0.3 is 13.9 Å². The van der Waals surface area contributed by atoms with Gasteiger partial charge in [0.05, 0.1) is 19.5 Å². The second-order valence-corrected chi connectivity index (χ2v) is 6.64. The van der Waals surface area contributed by atoms with Crippen molar-refractivity contribution in [3.63, 3.8) is 0 Å². The number of benzene rings is 2. The summed E-state index contributed by atoms with van der Waals surface area (Å²) in [5.74, 6) is 0.931. The summed E-state index contributed by atoms with van der Waals surface area (Å²) in [5.41, 5.74) is 2.26. The average Bonchev–Trinajstić information content (AvgIpc) is 3.06. The lowest BCUT2D eigenvalue weighted by atomic mass is 10.0. The van der Waals surface area contributed by atoms with E-state index in [-0.39, 0.29) is 0 Å². The zero-order valence-corrected chi connectivity index (χ0v) is 14.8. The third-order valence-electron chi connectivity index (χ3n) is 4.90. The number of ether oxygens (including phenoxy) is 2. The Labute approximate surface area is 148 Å². The fourth-order valence-corrected chi connectivity index (χ4v) is 3.57. The molecule has 1 saturated heterocycles. The van der Waals surface area contributed by atoms with E-state index in [9.17, 15) is 0 Å². The van der Waals surface area contributed by atoms with Gasteiger partial charge in [0.25, 0.3) is 0 Å². The molecule has 25 heavy (non-hydrogen) atoms. The average molecular weight is 339 g/mol. The zero-order valence-electron chi connectivity index (χ0n) is 14.8. The largest absolute Gasteiger partial charge is 0.492 e. The molecule has 0 atom stereocenters. The molecule has 2 aromatic carbocycles. The lowest BCUT2D eigenvalue weighted by molar-refractivity contribution is 0.0322. The van der Waals surface area contributed by atoms with E-state index in [1.807, 2.05) is 6.26 Å². The molecule has 0 spiro atoms. The minimum absolute atomic E-state index is 0.709. The summed E-state index contributed by atoms with van der Waals surface area (Å²) >= 11 is 0. The number of nitrogens with zero attached hydrogens (tertiary/aromatic N) is 1. The molecule has 1 aromatic heterocycles. The van der Waals surface area contributed by atoms with Gasteiger partial charge in [0, 0.05) is 25.0 Å². The maximum absolute atomic E-state index is 5.98. The lowest BCUT2D eigenvalue weighted by Gasteiger charge is -2.26. The van der Waals surface area contributed by atoms with Crippen molar-refractivity contribution in [3.05, 3.63) is 42.2 Å². The SMILES string of the molecule is CCCc1coc2ccc3cc(OCCN4CCOCC4)ccc3c12. The number of aryl methyl sites for hydroxylation is 1. The predicted molar refractivity (Wildman–Crippen MR) is 100 cm³/mol. The van der Waals surface area contributed by atoms with E-state index in [1.165, 1.54) is 21.7 Å². The summed E-state index contributed by atoms with van der Waals surface area (Å²) in [6, 6.07) is 10.6. The van der Waals surface area contributed by atoms with Crippen LogP contribution in [0.5, 0.6) is 5.75 Å². The zero-order chi connectivity index (χ0) is 17.1. The second kappa shape index (κ2) is 7.46. The number of fused-ring (bicyclic) bond motifs is 3. The highest BCUT2D eigenvalue weighted by molar-refractivity contribution is 6.07. The first kappa shape index (κ1) is 16.4. The molecule has 4 heteroatoms. The Hall–Kier alpha value is -2.04. The van der Waals surface area contributed by atoms with Crippen molar-refractivity contribution in [1.29, 1.82) is 0 Å². The van der Waals surface area contributed by atoms with Crippen molar-refractivity contribution in [3.8, 4) is 5.75 Å². The third-order valence-corrected chi connectivity index (χ3v) is 4.90. The van der Waals surface area contributed by atoms with Crippen LogP contribution in [0.4, 0.5) is 0 Å². The summed E-state index contributed by atoms with van der Waals surface area (Å²) in [7, 11) is 0. The minimum Gasteiger partial charge on any atom is -0.492 e. The van der Waals surface area contributed by atoms with Crippen LogP contribution < -0.4 is 4.74 Å². The van der Waals surface area contributed by atoms with Crippen LogP contribution in [0, 0.1) is 0 Å². The van der Waals surface area contributed by atoms with E-state index >= 15 is 0 Å². The fourth-order valence-electron chi connectivity index (χ4n) is 3.57. The highest BCUT2D eigenvalue weighted by Gasteiger charge is 2.11. The summed E-state index contributed by atoms with van der Waals surface area (Å²) < 4.78 is 17.1. The molecule has 132 valence electrons. The van der Waals surface area contributed by atoms with Gasteiger partial charge in [-0.15, -0.1) is 0 Å². The van der Waals surface area contributed by atoms with Crippen molar-refractivity contribution in [2.24, 2.45) is 0 Å². The maximum Gasteiger partial charge on any atom is 0.134 e. The number of hydrogen-bond donors (Lipinski definition) is 0. The van der Waals surface area contributed by atoms with Crippen LogP contribution in [0.3, 0.4) is 0 Å². The van der Waals surface area contributed by atoms with Crippen LogP contribution >= 0.6 is 0 Å². The van der Waals surface area contributed by atoms with Gasteiger partial charge in [-0.1, -0.05) is 19.4 Å². The van der Waals surface area contributed by atoms with Crippen LogP contribution in [0.1, 0.15) is 18.9 Å². The fraction of sp³-hybridized carbons (Fsp3) is 0.429. The predicted octanol–water partition coefficient (Wildman–Crippen LogP) is 4.25. The number of morpholine rings is 1. The number of rotatable bonds is 6.